The summed E-state index contributed by atoms with van der Waals surface area (Å²) in [5, 5.41) is 8.10. The number of halogens is 1. The van der Waals surface area contributed by atoms with Crippen LogP contribution < -0.4 is 4.90 Å². The van der Waals surface area contributed by atoms with Crippen LogP contribution in [0.5, 0.6) is 0 Å². The van der Waals surface area contributed by atoms with E-state index in [0.717, 1.165) is 17.9 Å². The minimum atomic E-state index is -0.569. The molecule has 0 N–H and O–H groups in total. The van der Waals surface area contributed by atoms with Crippen LogP contribution >= 0.6 is 0 Å². The zero-order valence-corrected chi connectivity index (χ0v) is 16.2. The molecule has 8 nitrogen and oxygen atoms in total. The van der Waals surface area contributed by atoms with Gasteiger partial charge in [0.25, 0.3) is 5.91 Å². The Labute approximate surface area is 167 Å². The molecule has 2 atom stereocenters. The molecule has 2 unspecified atom stereocenters. The Bertz CT molecular complexity index is 1060. The van der Waals surface area contributed by atoms with Crippen LogP contribution in [0.15, 0.2) is 36.7 Å². The number of amides is 1. The summed E-state index contributed by atoms with van der Waals surface area (Å²) in [6.45, 7) is 5.92. The lowest BCUT2D eigenvalue weighted by Gasteiger charge is -2.43. The van der Waals surface area contributed by atoms with Gasteiger partial charge < -0.3 is 9.80 Å². The number of aryl methyl sites for hydroxylation is 2. The molecule has 148 valence electrons. The van der Waals surface area contributed by atoms with Crippen LogP contribution in [0, 0.1) is 25.6 Å². The molecule has 0 aliphatic carbocycles. The summed E-state index contributed by atoms with van der Waals surface area (Å²) in [6.07, 6.45) is 3.00. The maximum atomic E-state index is 14.6. The molecular formula is C20H20FN7O. The van der Waals surface area contributed by atoms with Gasteiger partial charge in [-0.15, -0.1) is 0 Å². The average Bonchev–Trinajstić information content (AvgIpc) is 3.30. The zero-order chi connectivity index (χ0) is 20.1. The van der Waals surface area contributed by atoms with Gasteiger partial charge >= 0.3 is 0 Å². The van der Waals surface area contributed by atoms with Crippen molar-refractivity contribution < 1.29 is 9.18 Å². The first-order chi connectivity index (χ1) is 14.0. The monoisotopic (exact) mass is 393 g/mol. The maximum absolute atomic E-state index is 14.6. The highest BCUT2D eigenvalue weighted by Gasteiger charge is 2.49. The molecule has 0 radical (unpaired) electrons. The second-order valence-electron chi connectivity index (χ2n) is 7.59. The van der Waals surface area contributed by atoms with Gasteiger partial charge in [-0.3, -0.25) is 4.79 Å². The van der Waals surface area contributed by atoms with Crippen LogP contribution in [0.2, 0.25) is 0 Å². The topological polar surface area (TPSA) is 80.0 Å². The number of aromatic nitrogens is 5. The van der Waals surface area contributed by atoms with Crippen LogP contribution in [0.3, 0.4) is 0 Å². The second kappa shape index (κ2) is 6.61. The fourth-order valence-electron chi connectivity index (χ4n) is 4.26. The molecule has 0 bridgehead atoms. The Balaban J connectivity index is 1.40. The number of likely N-dealkylation sites (tertiary alicyclic amines) is 1. The quantitative estimate of drug-likeness (QED) is 0.675. The molecule has 0 saturated carbocycles. The Kier molecular flexibility index (Phi) is 4.04. The van der Waals surface area contributed by atoms with Crippen LogP contribution in [-0.2, 0) is 0 Å². The molecule has 0 spiro atoms. The highest BCUT2D eigenvalue weighted by atomic mass is 19.1. The van der Waals surface area contributed by atoms with E-state index in [1.54, 1.807) is 17.0 Å². The molecule has 1 amide bonds. The molecule has 2 aliphatic heterocycles. The number of carbonyl (C=O) groups excluding carboxylic acids is 1. The molecule has 9 heteroatoms. The average molecular weight is 393 g/mol. The Morgan fingerprint density at radius 1 is 1.07 bits per heavy atom. The number of rotatable bonds is 3. The molecular weight excluding hydrogens is 373 g/mol. The van der Waals surface area contributed by atoms with Crippen LogP contribution in [0.4, 0.5) is 10.3 Å². The van der Waals surface area contributed by atoms with E-state index in [1.807, 2.05) is 19.9 Å². The van der Waals surface area contributed by atoms with E-state index >= 15 is 0 Å². The van der Waals surface area contributed by atoms with E-state index in [2.05, 4.69) is 25.1 Å². The molecule has 5 rings (SSSR count). The van der Waals surface area contributed by atoms with Crippen molar-refractivity contribution >= 4 is 11.9 Å². The van der Waals surface area contributed by atoms with E-state index in [1.165, 1.54) is 23.3 Å². The minimum absolute atomic E-state index is 0.00301. The van der Waals surface area contributed by atoms with E-state index in [0.29, 0.717) is 30.6 Å². The molecule has 1 aromatic carbocycles. The third kappa shape index (κ3) is 2.93. The van der Waals surface area contributed by atoms with Crippen LogP contribution in [0.1, 0.15) is 21.7 Å². The van der Waals surface area contributed by atoms with Crippen molar-refractivity contribution in [1.82, 2.24) is 29.9 Å². The largest absolute Gasteiger partial charge is 0.338 e. The van der Waals surface area contributed by atoms with Gasteiger partial charge in [0.05, 0.1) is 18.4 Å². The van der Waals surface area contributed by atoms with Gasteiger partial charge in [0, 0.05) is 36.9 Å². The molecule has 3 aromatic rings. The number of carbonyl (C=O) groups is 1. The fraction of sp³-hybridized carbons (Fsp3) is 0.350. The van der Waals surface area contributed by atoms with Crippen molar-refractivity contribution in [1.29, 1.82) is 0 Å². The normalized spacial score (nSPS) is 20.5. The third-order valence-corrected chi connectivity index (χ3v) is 5.59. The maximum Gasteiger partial charge on any atom is 0.259 e. The van der Waals surface area contributed by atoms with Gasteiger partial charge in [0.15, 0.2) is 0 Å². The van der Waals surface area contributed by atoms with Crippen molar-refractivity contribution in [2.75, 3.05) is 24.5 Å². The second-order valence-corrected chi connectivity index (χ2v) is 7.59. The number of hydrogen-bond acceptors (Lipinski definition) is 6. The van der Waals surface area contributed by atoms with Crippen LogP contribution in [0.25, 0.3) is 5.69 Å². The smallest absolute Gasteiger partial charge is 0.259 e. The lowest BCUT2D eigenvalue weighted by Crippen LogP contribution is -2.58. The van der Waals surface area contributed by atoms with Crippen molar-refractivity contribution in [2.45, 2.75) is 19.9 Å². The summed E-state index contributed by atoms with van der Waals surface area (Å²) in [5.74, 6) is 0.124. The first kappa shape index (κ1) is 17.7. The third-order valence-electron chi connectivity index (χ3n) is 5.59. The predicted molar refractivity (Wildman–Crippen MR) is 103 cm³/mol. The molecule has 2 saturated heterocycles. The van der Waals surface area contributed by atoms with Gasteiger partial charge in [-0.1, -0.05) is 6.07 Å². The zero-order valence-electron chi connectivity index (χ0n) is 16.2. The highest BCUT2D eigenvalue weighted by molar-refractivity contribution is 5.98. The van der Waals surface area contributed by atoms with Gasteiger partial charge in [-0.25, -0.2) is 14.4 Å². The predicted octanol–water partition coefficient (Wildman–Crippen LogP) is 1.77. The molecule has 2 fully saturated rings. The number of fused-ring (bicyclic) bond motifs is 1. The van der Waals surface area contributed by atoms with E-state index in [9.17, 15) is 9.18 Å². The fourth-order valence-corrected chi connectivity index (χ4v) is 4.26. The van der Waals surface area contributed by atoms with Crippen molar-refractivity contribution in [3.8, 4) is 5.69 Å². The molecule has 29 heavy (non-hydrogen) atoms. The van der Waals surface area contributed by atoms with Crippen LogP contribution in [-0.4, -0.2) is 61.4 Å². The minimum Gasteiger partial charge on any atom is -0.338 e. The summed E-state index contributed by atoms with van der Waals surface area (Å²) in [6, 6.07) is 6.45. The van der Waals surface area contributed by atoms with Gasteiger partial charge in [0.2, 0.25) is 5.95 Å². The highest BCUT2D eigenvalue weighted by Crippen LogP contribution is 2.36. The molecule has 2 aromatic heterocycles. The number of nitrogens with zero attached hydrogens (tertiary/aromatic N) is 7. The Morgan fingerprint density at radius 3 is 2.52 bits per heavy atom. The van der Waals surface area contributed by atoms with Crippen molar-refractivity contribution in [3.05, 3.63) is 59.4 Å². The summed E-state index contributed by atoms with van der Waals surface area (Å²) >= 11 is 0. The van der Waals surface area contributed by atoms with Crippen molar-refractivity contribution in [3.63, 3.8) is 0 Å². The summed E-state index contributed by atoms with van der Waals surface area (Å²) in [4.78, 5) is 27.4. The lowest BCUT2D eigenvalue weighted by atomic mass is 9.91. The summed E-state index contributed by atoms with van der Waals surface area (Å²) in [5.41, 5.74) is 2.18. The summed E-state index contributed by atoms with van der Waals surface area (Å²) < 4.78 is 14.6. The lowest BCUT2D eigenvalue weighted by molar-refractivity contribution is 0.0323. The van der Waals surface area contributed by atoms with E-state index in [-0.39, 0.29) is 17.5 Å². The first-order valence-electron chi connectivity index (χ1n) is 9.54. The van der Waals surface area contributed by atoms with Gasteiger partial charge in [-0.05, 0) is 32.0 Å². The Morgan fingerprint density at radius 2 is 1.79 bits per heavy atom. The summed E-state index contributed by atoms with van der Waals surface area (Å²) in [7, 11) is 0. The van der Waals surface area contributed by atoms with E-state index in [4.69, 9.17) is 0 Å². The van der Waals surface area contributed by atoms with Gasteiger partial charge in [-0.2, -0.15) is 15.0 Å². The SMILES string of the molecule is Cc1cc(C)nc(N2CC3CN(C(=O)c4c(F)cccc4-n4nccn4)C3C2)n1. The number of hydrogen-bond donors (Lipinski definition) is 0. The number of benzene rings is 1. The Hall–Kier alpha value is -3.36. The number of anilines is 1. The van der Waals surface area contributed by atoms with E-state index < -0.39 is 5.82 Å². The van der Waals surface area contributed by atoms with Crippen molar-refractivity contribution in [2.24, 2.45) is 5.92 Å². The molecule has 4 heterocycles. The molecule has 2 aliphatic rings. The standard InChI is InChI=1S/C20H20FN7O/c1-12-8-13(2)25-20(24-12)26-9-14-10-27(17(14)11-26)19(29)18-15(21)4-3-5-16(18)28-22-6-7-23-28/h3-8,14,17H,9-11H2,1-2H3. The first-order valence-corrected chi connectivity index (χ1v) is 9.54. The van der Waals surface area contributed by atoms with Gasteiger partial charge in [0.1, 0.15) is 17.1 Å².